The highest BCUT2D eigenvalue weighted by Gasteiger charge is 2.35. The fraction of sp³-hybridized carbons (Fsp3) is 0.450. The quantitative estimate of drug-likeness (QED) is 0.785. The molecule has 0 saturated carbocycles. The zero-order valence-electron chi connectivity index (χ0n) is 15.4. The first-order valence-electron chi connectivity index (χ1n) is 9.26. The summed E-state index contributed by atoms with van der Waals surface area (Å²) in [6.45, 7) is 1.14. The van der Waals surface area contributed by atoms with Crippen molar-refractivity contribution < 1.29 is 13.2 Å². The largest absolute Gasteiger partial charge is 0.341 e. The molecular formula is C20H24N2O3S2. The Bertz CT molecular complexity index is 924. The molecule has 0 spiro atoms. The van der Waals surface area contributed by atoms with Crippen LogP contribution in [0.1, 0.15) is 28.5 Å². The van der Waals surface area contributed by atoms with Gasteiger partial charge < -0.3 is 4.90 Å². The van der Waals surface area contributed by atoms with Crippen molar-refractivity contribution in [2.75, 3.05) is 31.6 Å². The third kappa shape index (κ3) is 3.81. The summed E-state index contributed by atoms with van der Waals surface area (Å²) in [6.07, 6.45) is 1.49. The Balaban J connectivity index is 1.54. The van der Waals surface area contributed by atoms with Gasteiger partial charge in [-0.3, -0.25) is 9.69 Å². The minimum absolute atomic E-state index is 0.00305. The highest BCUT2D eigenvalue weighted by Crippen LogP contribution is 2.37. The van der Waals surface area contributed by atoms with Crippen molar-refractivity contribution >= 4 is 27.1 Å². The topological polar surface area (TPSA) is 57.7 Å². The van der Waals surface area contributed by atoms with E-state index in [-0.39, 0.29) is 29.5 Å². The van der Waals surface area contributed by atoms with Crippen LogP contribution in [-0.4, -0.2) is 61.8 Å². The van der Waals surface area contributed by atoms with Crippen LogP contribution in [0.25, 0.3) is 0 Å². The van der Waals surface area contributed by atoms with E-state index in [1.165, 1.54) is 16.0 Å². The lowest BCUT2D eigenvalue weighted by Crippen LogP contribution is -2.46. The van der Waals surface area contributed by atoms with Gasteiger partial charge >= 0.3 is 0 Å². The third-order valence-electron chi connectivity index (χ3n) is 5.67. The number of rotatable bonds is 4. The van der Waals surface area contributed by atoms with E-state index >= 15 is 0 Å². The van der Waals surface area contributed by atoms with E-state index in [1.807, 2.05) is 18.2 Å². The Morgan fingerprint density at radius 2 is 2.04 bits per heavy atom. The summed E-state index contributed by atoms with van der Waals surface area (Å²) < 4.78 is 23.5. The van der Waals surface area contributed by atoms with Gasteiger partial charge in [-0.05, 0) is 35.4 Å². The van der Waals surface area contributed by atoms with E-state index in [9.17, 15) is 13.2 Å². The van der Waals surface area contributed by atoms with Crippen molar-refractivity contribution in [2.45, 2.75) is 24.9 Å². The van der Waals surface area contributed by atoms with Crippen molar-refractivity contribution in [1.82, 2.24) is 9.80 Å². The smallest absolute Gasteiger partial charge is 0.236 e. The summed E-state index contributed by atoms with van der Waals surface area (Å²) in [5.41, 5.74) is 2.48. The maximum absolute atomic E-state index is 12.9. The Labute approximate surface area is 164 Å². The number of hydrogen-bond donors (Lipinski definition) is 0. The number of sulfone groups is 1. The van der Waals surface area contributed by atoms with Gasteiger partial charge in [-0.1, -0.05) is 30.3 Å². The molecule has 0 aliphatic carbocycles. The second kappa shape index (κ2) is 7.37. The first-order valence-corrected chi connectivity index (χ1v) is 12.0. The first kappa shape index (κ1) is 18.7. The molecule has 2 aliphatic heterocycles. The van der Waals surface area contributed by atoms with Gasteiger partial charge in [0.05, 0.1) is 24.1 Å². The number of hydrogen-bond acceptors (Lipinski definition) is 5. The molecule has 1 saturated heterocycles. The van der Waals surface area contributed by atoms with Crippen LogP contribution in [-0.2, 0) is 21.1 Å². The van der Waals surface area contributed by atoms with Gasteiger partial charge in [-0.2, -0.15) is 0 Å². The fourth-order valence-electron chi connectivity index (χ4n) is 4.13. The average Bonchev–Trinajstić information content (AvgIpc) is 3.27. The van der Waals surface area contributed by atoms with E-state index in [1.54, 1.807) is 23.3 Å². The molecule has 3 heterocycles. The van der Waals surface area contributed by atoms with Gasteiger partial charge in [-0.25, -0.2) is 8.42 Å². The van der Waals surface area contributed by atoms with Gasteiger partial charge in [0.1, 0.15) is 0 Å². The number of nitrogens with zero attached hydrogens (tertiary/aromatic N) is 2. The molecule has 0 N–H and O–H groups in total. The minimum Gasteiger partial charge on any atom is -0.341 e. The van der Waals surface area contributed by atoms with E-state index in [0.717, 1.165) is 13.0 Å². The summed E-state index contributed by atoms with van der Waals surface area (Å²) in [7, 11) is -1.26. The van der Waals surface area contributed by atoms with Crippen LogP contribution in [0.5, 0.6) is 0 Å². The summed E-state index contributed by atoms with van der Waals surface area (Å²) in [5.74, 6) is 0.271. The maximum Gasteiger partial charge on any atom is 0.236 e. The summed E-state index contributed by atoms with van der Waals surface area (Å²) >= 11 is 1.78. The highest BCUT2D eigenvalue weighted by molar-refractivity contribution is 7.91. The van der Waals surface area contributed by atoms with Crippen molar-refractivity contribution in [3.05, 3.63) is 57.8 Å². The number of fused-ring (bicyclic) bond motifs is 1. The molecule has 144 valence electrons. The predicted molar refractivity (Wildman–Crippen MR) is 108 cm³/mol. The maximum atomic E-state index is 12.9. The van der Waals surface area contributed by atoms with E-state index < -0.39 is 9.84 Å². The van der Waals surface area contributed by atoms with E-state index in [2.05, 4.69) is 28.5 Å². The van der Waals surface area contributed by atoms with Gasteiger partial charge in [0, 0.05) is 24.5 Å². The van der Waals surface area contributed by atoms with Crippen LogP contribution >= 0.6 is 11.3 Å². The summed E-state index contributed by atoms with van der Waals surface area (Å²) in [5, 5.41) is 2.13. The molecule has 4 rings (SSSR count). The molecular weight excluding hydrogens is 380 g/mol. The number of amides is 1. The number of likely N-dealkylation sites (N-methyl/N-ethyl adjacent to an activating group) is 1. The molecule has 1 fully saturated rings. The monoisotopic (exact) mass is 404 g/mol. The lowest BCUT2D eigenvalue weighted by Gasteiger charge is -2.37. The Morgan fingerprint density at radius 1 is 1.26 bits per heavy atom. The molecule has 1 amide bonds. The second-order valence-corrected chi connectivity index (χ2v) is 10.6. The zero-order chi connectivity index (χ0) is 19.0. The van der Waals surface area contributed by atoms with E-state index in [4.69, 9.17) is 0 Å². The first-order chi connectivity index (χ1) is 12.9. The average molecular weight is 405 g/mol. The van der Waals surface area contributed by atoms with Crippen molar-refractivity contribution in [2.24, 2.45) is 0 Å². The SMILES string of the molecule is CN(C(=O)CN1CCc2sccc2C1c1ccccc1)C1CCS(=O)(=O)C1. The number of benzene rings is 1. The standard InChI is InChI=1S/C20H24N2O3S2/c1-21(16-9-12-27(24,25)14-16)19(23)13-22-10-7-18-17(8-11-26-18)20(22)15-5-3-2-4-6-15/h2-6,8,11,16,20H,7,9-10,12-14H2,1H3. The molecule has 7 heteroatoms. The van der Waals surface area contributed by atoms with Gasteiger partial charge in [0.2, 0.25) is 5.91 Å². The molecule has 27 heavy (non-hydrogen) atoms. The number of carbonyl (C=O) groups excluding carboxylic acids is 1. The molecule has 0 bridgehead atoms. The molecule has 1 aromatic heterocycles. The lowest BCUT2D eigenvalue weighted by molar-refractivity contribution is -0.133. The Hall–Kier alpha value is -1.70. The molecule has 5 nitrogen and oxygen atoms in total. The fourth-order valence-corrected chi connectivity index (χ4v) is 6.81. The predicted octanol–water partition coefficient (Wildman–Crippen LogP) is 2.34. The Kier molecular flexibility index (Phi) is 5.09. The van der Waals surface area contributed by atoms with Crippen LogP contribution in [0.2, 0.25) is 0 Å². The Morgan fingerprint density at radius 3 is 2.74 bits per heavy atom. The van der Waals surface area contributed by atoms with Crippen LogP contribution in [0, 0.1) is 0 Å². The lowest BCUT2D eigenvalue weighted by atomic mass is 9.93. The highest BCUT2D eigenvalue weighted by atomic mass is 32.2. The molecule has 2 unspecified atom stereocenters. The normalized spacial score (nSPS) is 24.5. The molecule has 2 aromatic rings. The molecule has 2 aliphatic rings. The van der Waals surface area contributed by atoms with Crippen LogP contribution in [0.15, 0.2) is 41.8 Å². The van der Waals surface area contributed by atoms with Crippen molar-refractivity contribution in [3.63, 3.8) is 0 Å². The van der Waals surface area contributed by atoms with Gasteiger partial charge in [0.25, 0.3) is 0 Å². The summed E-state index contributed by atoms with van der Waals surface area (Å²) in [4.78, 5) is 18.2. The second-order valence-electron chi connectivity index (χ2n) is 7.39. The third-order valence-corrected chi connectivity index (χ3v) is 8.42. The zero-order valence-corrected chi connectivity index (χ0v) is 17.0. The van der Waals surface area contributed by atoms with Crippen molar-refractivity contribution in [1.29, 1.82) is 0 Å². The van der Waals surface area contributed by atoms with Gasteiger partial charge in [-0.15, -0.1) is 11.3 Å². The molecule has 0 radical (unpaired) electrons. The van der Waals surface area contributed by atoms with E-state index in [0.29, 0.717) is 13.0 Å². The van der Waals surface area contributed by atoms with Crippen LogP contribution in [0.3, 0.4) is 0 Å². The minimum atomic E-state index is -3.00. The van der Waals surface area contributed by atoms with Crippen molar-refractivity contribution in [3.8, 4) is 0 Å². The van der Waals surface area contributed by atoms with Gasteiger partial charge in [0.15, 0.2) is 9.84 Å². The molecule has 2 atom stereocenters. The molecule has 1 aromatic carbocycles. The number of carbonyl (C=O) groups is 1. The van der Waals surface area contributed by atoms with Crippen LogP contribution < -0.4 is 0 Å². The van der Waals surface area contributed by atoms with Crippen LogP contribution in [0.4, 0.5) is 0 Å². The number of thiophene rings is 1. The summed E-state index contributed by atoms with van der Waals surface area (Å²) in [6, 6.07) is 12.3.